The van der Waals surface area contributed by atoms with Crippen molar-refractivity contribution in [1.29, 1.82) is 0 Å². The van der Waals surface area contributed by atoms with Crippen LogP contribution in [-0.4, -0.2) is 55.1 Å². The molecule has 4 rings (SSSR count). The molecule has 2 aromatic carbocycles. The Kier molecular flexibility index (Phi) is 8.20. The van der Waals surface area contributed by atoms with Crippen molar-refractivity contribution >= 4 is 39.0 Å². The number of rotatable bonds is 10. The molecule has 1 amide bonds. The summed E-state index contributed by atoms with van der Waals surface area (Å²) in [7, 11) is 5.61. The molecule has 0 aliphatic rings. The summed E-state index contributed by atoms with van der Waals surface area (Å²) in [5, 5.41) is 9.54. The molecule has 0 spiro atoms. The van der Waals surface area contributed by atoms with E-state index in [1.165, 1.54) is 0 Å². The number of fused-ring (bicyclic) bond motifs is 1. The molecule has 0 saturated heterocycles. The number of carbonyl (C=O) groups is 1. The first kappa shape index (κ1) is 24.5. The summed E-state index contributed by atoms with van der Waals surface area (Å²) in [6.45, 7) is 1.20. The average molecular weight is 488 g/mol. The first-order valence-electron chi connectivity index (χ1n) is 11.3. The zero-order chi connectivity index (χ0) is 24.6. The fourth-order valence-corrected chi connectivity index (χ4v) is 4.67. The number of likely N-dealkylation sites (N-methyl/N-ethyl adjacent to an activating group) is 1. The second kappa shape index (κ2) is 11.7. The van der Waals surface area contributed by atoms with E-state index in [-0.39, 0.29) is 11.9 Å². The van der Waals surface area contributed by atoms with E-state index < -0.39 is 0 Å². The first-order valence-corrected chi connectivity index (χ1v) is 12.2. The Hall–Kier alpha value is -3.59. The zero-order valence-corrected chi connectivity index (χ0v) is 20.9. The summed E-state index contributed by atoms with van der Waals surface area (Å²) >= 11 is 1.57. The molecule has 0 radical (unpaired) electrons. The molecule has 0 unspecified atom stereocenters. The summed E-state index contributed by atoms with van der Waals surface area (Å²) in [4.78, 5) is 24.3. The van der Waals surface area contributed by atoms with Gasteiger partial charge in [0.2, 0.25) is 5.91 Å². The van der Waals surface area contributed by atoms with E-state index in [1.54, 1.807) is 30.8 Å². The van der Waals surface area contributed by atoms with Crippen molar-refractivity contribution < 1.29 is 9.53 Å². The minimum atomic E-state index is -0.157. The molecule has 8 heteroatoms. The lowest BCUT2D eigenvalue weighted by Crippen LogP contribution is -2.17. The van der Waals surface area contributed by atoms with Gasteiger partial charge in [0.1, 0.15) is 17.0 Å². The molecule has 0 aliphatic heterocycles. The molecule has 2 N–H and O–H groups in total. The van der Waals surface area contributed by atoms with E-state index in [0.717, 1.165) is 38.4 Å². The molecule has 1 atom stereocenters. The van der Waals surface area contributed by atoms with Crippen molar-refractivity contribution in [1.82, 2.24) is 14.9 Å². The Morgan fingerprint density at radius 3 is 2.74 bits per heavy atom. The molecule has 35 heavy (non-hydrogen) atoms. The molecule has 0 saturated carbocycles. The van der Waals surface area contributed by atoms with Crippen LogP contribution in [0, 0.1) is 0 Å². The Morgan fingerprint density at radius 1 is 1.14 bits per heavy atom. The SMILES string of the molecule is COC[C@@H](Nc1ncnc2scc(-c3cccc(NC(=O)C=CCN(C)C)c3)c12)c1ccccc1. The van der Waals surface area contributed by atoms with Gasteiger partial charge in [-0.25, -0.2) is 9.97 Å². The van der Waals surface area contributed by atoms with E-state index in [9.17, 15) is 4.79 Å². The van der Waals surface area contributed by atoms with Gasteiger partial charge in [-0.2, -0.15) is 0 Å². The third-order valence-electron chi connectivity index (χ3n) is 5.40. The molecule has 2 aromatic heterocycles. The number of aromatic nitrogens is 2. The van der Waals surface area contributed by atoms with Gasteiger partial charge in [0.15, 0.2) is 0 Å². The van der Waals surface area contributed by atoms with Crippen LogP contribution in [0.3, 0.4) is 0 Å². The van der Waals surface area contributed by atoms with Gasteiger partial charge in [-0.05, 0) is 37.4 Å². The van der Waals surface area contributed by atoms with Gasteiger partial charge in [-0.15, -0.1) is 11.3 Å². The average Bonchev–Trinajstić information content (AvgIpc) is 3.29. The monoisotopic (exact) mass is 487 g/mol. The largest absolute Gasteiger partial charge is 0.382 e. The maximum Gasteiger partial charge on any atom is 0.248 e. The van der Waals surface area contributed by atoms with Crippen LogP contribution in [0.2, 0.25) is 0 Å². The number of hydrogen-bond acceptors (Lipinski definition) is 7. The Labute approximate surface area is 209 Å². The van der Waals surface area contributed by atoms with E-state index in [4.69, 9.17) is 4.74 Å². The first-order chi connectivity index (χ1) is 17.0. The molecule has 0 bridgehead atoms. The van der Waals surface area contributed by atoms with Gasteiger partial charge in [0.25, 0.3) is 0 Å². The number of methoxy groups -OCH3 is 1. The number of nitrogens with zero attached hydrogens (tertiary/aromatic N) is 3. The lowest BCUT2D eigenvalue weighted by atomic mass is 10.0. The maximum absolute atomic E-state index is 12.3. The molecule has 7 nitrogen and oxygen atoms in total. The summed E-state index contributed by atoms with van der Waals surface area (Å²) in [6, 6.07) is 17.9. The molecule has 2 heterocycles. The molecular weight excluding hydrogens is 458 g/mol. The van der Waals surface area contributed by atoms with Crippen LogP contribution in [0.4, 0.5) is 11.5 Å². The molecule has 0 aliphatic carbocycles. The number of hydrogen-bond donors (Lipinski definition) is 2. The van der Waals surface area contributed by atoms with Crippen molar-refractivity contribution in [2.24, 2.45) is 0 Å². The lowest BCUT2D eigenvalue weighted by molar-refractivity contribution is -0.111. The minimum Gasteiger partial charge on any atom is -0.382 e. The van der Waals surface area contributed by atoms with Crippen LogP contribution in [0.25, 0.3) is 21.3 Å². The highest BCUT2D eigenvalue weighted by Gasteiger charge is 2.18. The van der Waals surface area contributed by atoms with Gasteiger partial charge in [0, 0.05) is 36.4 Å². The zero-order valence-electron chi connectivity index (χ0n) is 20.1. The van der Waals surface area contributed by atoms with Gasteiger partial charge < -0.3 is 20.3 Å². The lowest BCUT2D eigenvalue weighted by Gasteiger charge is -2.20. The maximum atomic E-state index is 12.3. The Balaban J connectivity index is 1.63. The molecular formula is C27H29N5O2S. The summed E-state index contributed by atoms with van der Waals surface area (Å²) in [5.41, 5.74) is 3.84. The van der Waals surface area contributed by atoms with Crippen LogP contribution in [0.15, 0.2) is 78.5 Å². The van der Waals surface area contributed by atoms with E-state index in [2.05, 4.69) is 38.1 Å². The van der Waals surface area contributed by atoms with Gasteiger partial charge in [-0.3, -0.25) is 4.79 Å². The second-order valence-electron chi connectivity index (χ2n) is 8.35. The highest BCUT2D eigenvalue weighted by atomic mass is 32.1. The third kappa shape index (κ3) is 6.30. The molecule has 0 fully saturated rings. The van der Waals surface area contributed by atoms with Crippen molar-refractivity contribution in [3.05, 3.63) is 84.0 Å². The Bertz CT molecular complexity index is 1300. The van der Waals surface area contributed by atoms with E-state index in [1.807, 2.05) is 67.5 Å². The topological polar surface area (TPSA) is 79.4 Å². The van der Waals surface area contributed by atoms with Crippen LogP contribution < -0.4 is 10.6 Å². The standard InChI is InChI=1S/C27H29N5O2S/c1-32(2)14-8-13-24(33)30-21-12-7-11-20(15-21)22-17-35-27-25(22)26(28-18-29-27)31-23(16-34-3)19-9-5-4-6-10-19/h4-13,15,17-18,23H,14,16H2,1-3H3,(H,30,33)(H,28,29,31)/t23-/m1/s1. The number of ether oxygens (including phenoxy) is 1. The fraction of sp³-hybridized carbons (Fsp3) is 0.222. The highest BCUT2D eigenvalue weighted by Crippen LogP contribution is 2.38. The van der Waals surface area contributed by atoms with Gasteiger partial charge in [0.05, 0.1) is 18.0 Å². The number of amides is 1. The third-order valence-corrected chi connectivity index (χ3v) is 6.28. The number of benzene rings is 2. The normalized spacial score (nSPS) is 12.3. The predicted molar refractivity (Wildman–Crippen MR) is 144 cm³/mol. The summed E-state index contributed by atoms with van der Waals surface area (Å²) in [6.07, 6.45) is 4.97. The Morgan fingerprint density at radius 2 is 1.97 bits per heavy atom. The smallest absolute Gasteiger partial charge is 0.248 e. The van der Waals surface area contributed by atoms with Crippen molar-refractivity contribution in [2.45, 2.75) is 6.04 Å². The van der Waals surface area contributed by atoms with E-state index >= 15 is 0 Å². The van der Waals surface area contributed by atoms with Gasteiger partial charge in [-0.1, -0.05) is 48.5 Å². The summed E-state index contributed by atoms with van der Waals surface area (Å²) < 4.78 is 5.48. The van der Waals surface area contributed by atoms with Crippen LogP contribution in [-0.2, 0) is 9.53 Å². The fourth-order valence-electron chi connectivity index (χ4n) is 3.75. The van der Waals surface area contributed by atoms with Gasteiger partial charge >= 0.3 is 0 Å². The second-order valence-corrected chi connectivity index (χ2v) is 9.21. The number of anilines is 2. The van der Waals surface area contributed by atoms with Crippen LogP contribution in [0.5, 0.6) is 0 Å². The molecule has 180 valence electrons. The quantitative estimate of drug-likeness (QED) is 0.299. The highest BCUT2D eigenvalue weighted by molar-refractivity contribution is 7.17. The van der Waals surface area contributed by atoms with Crippen LogP contribution >= 0.6 is 11.3 Å². The van der Waals surface area contributed by atoms with E-state index in [0.29, 0.717) is 13.2 Å². The minimum absolute atomic E-state index is 0.0633. The summed E-state index contributed by atoms with van der Waals surface area (Å²) in [5.74, 6) is 0.591. The predicted octanol–water partition coefficient (Wildman–Crippen LogP) is 5.21. The van der Waals surface area contributed by atoms with Crippen LogP contribution in [0.1, 0.15) is 11.6 Å². The van der Waals surface area contributed by atoms with Crippen molar-refractivity contribution in [2.75, 3.05) is 45.0 Å². The number of thiophene rings is 1. The number of nitrogens with one attached hydrogen (secondary N) is 2. The molecule has 4 aromatic rings. The van der Waals surface area contributed by atoms with Crippen molar-refractivity contribution in [3.8, 4) is 11.1 Å². The van der Waals surface area contributed by atoms with Crippen molar-refractivity contribution in [3.63, 3.8) is 0 Å². The number of carbonyl (C=O) groups excluding carboxylic acids is 1.